The van der Waals surface area contributed by atoms with Crippen LogP contribution >= 0.6 is 0 Å². The van der Waals surface area contributed by atoms with Crippen LogP contribution in [0.2, 0.25) is 0 Å². The zero-order valence-electron chi connectivity index (χ0n) is 11.9. The topological polar surface area (TPSA) is 70.1 Å². The van der Waals surface area contributed by atoms with Crippen molar-refractivity contribution >= 4 is 11.9 Å². The number of likely N-dealkylation sites (N-methyl/N-ethyl adjacent to an activating group) is 1. The van der Waals surface area contributed by atoms with E-state index < -0.39 is 12.6 Å². The van der Waals surface area contributed by atoms with Gasteiger partial charge in [0, 0.05) is 20.1 Å². The van der Waals surface area contributed by atoms with Crippen molar-refractivity contribution in [3.05, 3.63) is 0 Å². The van der Waals surface area contributed by atoms with Crippen molar-refractivity contribution in [2.45, 2.75) is 13.8 Å². The van der Waals surface area contributed by atoms with Crippen molar-refractivity contribution in [2.75, 3.05) is 47.4 Å². The number of hydrogen-bond acceptors (Lipinski definition) is 4. The third-order valence-electron chi connectivity index (χ3n) is 2.29. The largest absolute Gasteiger partial charge is 0.480 e. The summed E-state index contributed by atoms with van der Waals surface area (Å²) in [5, 5.41) is 8.40. The first-order chi connectivity index (χ1) is 8.14. The maximum absolute atomic E-state index is 11.7. The zero-order chi connectivity index (χ0) is 14.3. The Morgan fingerprint density at radius 3 is 2.11 bits per heavy atom. The van der Waals surface area contributed by atoms with Gasteiger partial charge >= 0.3 is 5.97 Å². The highest BCUT2D eigenvalue weighted by Gasteiger charge is 2.23. The number of carbonyl (C=O) groups excluding carboxylic acids is 1. The second-order valence-corrected chi connectivity index (χ2v) is 5.54. The summed E-state index contributed by atoms with van der Waals surface area (Å²) in [5.74, 6) is -1.28. The van der Waals surface area contributed by atoms with E-state index in [1.165, 1.54) is 0 Å². The van der Waals surface area contributed by atoms with Crippen LogP contribution < -0.4 is 0 Å². The Morgan fingerprint density at radius 2 is 1.67 bits per heavy atom. The number of rotatable bonds is 8. The predicted octanol–water partition coefficient (Wildman–Crippen LogP) is 0.134. The lowest BCUT2D eigenvalue weighted by Gasteiger charge is -2.32. The summed E-state index contributed by atoms with van der Waals surface area (Å²) in [7, 11) is 5.67. The zero-order valence-corrected chi connectivity index (χ0v) is 11.9. The van der Waals surface area contributed by atoms with Crippen LogP contribution in [0, 0.1) is 5.41 Å². The molecule has 0 radical (unpaired) electrons. The van der Waals surface area contributed by atoms with Crippen LogP contribution in [0.25, 0.3) is 0 Å². The normalized spacial score (nSPS) is 11.7. The summed E-state index contributed by atoms with van der Waals surface area (Å²) >= 11 is 0. The molecule has 106 valence electrons. The molecule has 0 saturated carbocycles. The minimum atomic E-state index is -1.07. The van der Waals surface area contributed by atoms with E-state index in [1.807, 2.05) is 14.1 Å². The predicted molar refractivity (Wildman–Crippen MR) is 68.4 cm³/mol. The van der Waals surface area contributed by atoms with Crippen molar-refractivity contribution in [1.29, 1.82) is 0 Å². The first kappa shape index (κ1) is 16.9. The summed E-state index contributed by atoms with van der Waals surface area (Å²) in [6.07, 6.45) is 0. The Bertz CT molecular complexity index is 290. The smallest absolute Gasteiger partial charge is 0.329 e. The molecule has 0 fully saturated rings. The molecule has 1 amide bonds. The highest BCUT2D eigenvalue weighted by molar-refractivity contribution is 5.77. The van der Waals surface area contributed by atoms with Crippen molar-refractivity contribution in [2.24, 2.45) is 5.41 Å². The van der Waals surface area contributed by atoms with Gasteiger partial charge in [-0.15, -0.1) is 0 Å². The van der Waals surface area contributed by atoms with Crippen molar-refractivity contribution in [3.63, 3.8) is 0 Å². The Balaban J connectivity index is 4.10. The first-order valence-electron chi connectivity index (χ1n) is 5.82. The quantitative estimate of drug-likeness (QED) is 0.672. The van der Waals surface area contributed by atoms with E-state index >= 15 is 0 Å². The molecule has 0 saturated heterocycles. The van der Waals surface area contributed by atoms with Gasteiger partial charge in [-0.1, -0.05) is 13.8 Å². The van der Waals surface area contributed by atoms with Crippen molar-refractivity contribution < 1.29 is 19.4 Å². The molecule has 6 heteroatoms. The lowest BCUT2D eigenvalue weighted by atomic mass is 9.92. The van der Waals surface area contributed by atoms with Gasteiger partial charge in [-0.3, -0.25) is 4.79 Å². The molecule has 1 N–H and O–H groups in total. The molecule has 0 unspecified atom stereocenters. The molecule has 0 aromatic carbocycles. The molecule has 0 spiro atoms. The van der Waals surface area contributed by atoms with Gasteiger partial charge in [0.05, 0.1) is 0 Å². The molecular weight excluding hydrogens is 236 g/mol. The average molecular weight is 260 g/mol. The highest BCUT2D eigenvalue weighted by atomic mass is 16.5. The third kappa shape index (κ3) is 8.03. The second kappa shape index (κ2) is 7.33. The van der Waals surface area contributed by atoms with E-state index in [-0.39, 0.29) is 17.9 Å². The van der Waals surface area contributed by atoms with E-state index in [4.69, 9.17) is 9.84 Å². The molecule has 0 aliphatic rings. The van der Waals surface area contributed by atoms with Crippen molar-refractivity contribution in [1.82, 2.24) is 9.80 Å². The molecule has 0 heterocycles. The van der Waals surface area contributed by atoms with E-state index in [0.717, 1.165) is 6.54 Å². The Labute approximate surface area is 109 Å². The Hall–Kier alpha value is -1.14. The van der Waals surface area contributed by atoms with Gasteiger partial charge in [-0.25, -0.2) is 4.79 Å². The van der Waals surface area contributed by atoms with Gasteiger partial charge in [-0.2, -0.15) is 0 Å². The fraction of sp³-hybridized carbons (Fsp3) is 0.833. The first-order valence-corrected chi connectivity index (χ1v) is 5.82. The number of carbonyl (C=O) groups is 2. The van der Waals surface area contributed by atoms with Gasteiger partial charge < -0.3 is 19.6 Å². The SMILES string of the molecule is CN(C)CC(C)(C)CN(C)C(=O)COCC(=O)O. The van der Waals surface area contributed by atoms with Crippen LogP contribution in [0.1, 0.15) is 13.8 Å². The van der Waals surface area contributed by atoms with Crippen LogP contribution in [0.3, 0.4) is 0 Å². The maximum Gasteiger partial charge on any atom is 0.329 e. The van der Waals surface area contributed by atoms with E-state index in [2.05, 4.69) is 18.7 Å². The van der Waals surface area contributed by atoms with E-state index in [0.29, 0.717) is 6.54 Å². The summed E-state index contributed by atoms with van der Waals surface area (Å²) in [5.41, 5.74) is -0.0271. The van der Waals surface area contributed by atoms with Crippen LogP contribution in [0.4, 0.5) is 0 Å². The molecule has 0 aromatic rings. The number of hydrogen-bond donors (Lipinski definition) is 1. The molecule has 0 atom stereocenters. The van der Waals surface area contributed by atoms with E-state index in [1.54, 1.807) is 11.9 Å². The van der Waals surface area contributed by atoms with E-state index in [9.17, 15) is 9.59 Å². The van der Waals surface area contributed by atoms with Crippen LogP contribution in [-0.2, 0) is 14.3 Å². The highest BCUT2D eigenvalue weighted by Crippen LogP contribution is 2.17. The molecule has 0 bridgehead atoms. The minimum absolute atomic E-state index is 0.0271. The molecule has 0 aliphatic heterocycles. The summed E-state index contributed by atoms with van der Waals surface area (Å²) in [6.45, 7) is 4.98. The number of amides is 1. The number of carboxylic acids is 1. The van der Waals surface area contributed by atoms with Crippen molar-refractivity contribution in [3.8, 4) is 0 Å². The van der Waals surface area contributed by atoms with Gasteiger partial charge in [-0.05, 0) is 19.5 Å². The molecule has 0 rings (SSSR count). The second-order valence-electron chi connectivity index (χ2n) is 5.54. The Morgan fingerprint density at radius 1 is 1.11 bits per heavy atom. The fourth-order valence-corrected chi connectivity index (χ4v) is 1.97. The molecule has 18 heavy (non-hydrogen) atoms. The van der Waals surface area contributed by atoms with Crippen LogP contribution in [-0.4, -0.2) is 74.2 Å². The molecular formula is C12H24N2O4. The number of ether oxygens (including phenoxy) is 1. The maximum atomic E-state index is 11.7. The molecule has 0 aromatic heterocycles. The lowest BCUT2D eigenvalue weighted by molar-refractivity contribution is -0.145. The van der Waals surface area contributed by atoms with Crippen LogP contribution in [0.5, 0.6) is 0 Å². The Kier molecular flexibility index (Phi) is 6.86. The van der Waals surface area contributed by atoms with Gasteiger partial charge in [0.1, 0.15) is 13.2 Å². The van der Waals surface area contributed by atoms with Crippen LogP contribution in [0.15, 0.2) is 0 Å². The molecule has 6 nitrogen and oxygen atoms in total. The van der Waals surface area contributed by atoms with Gasteiger partial charge in [0.15, 0.2) is 0 Å². The minimum Gasteiger partial charge on any atom is -0.480 e. The van der Waals surface area contributed by atoms with Gasteiger partial charge in [0.25, 0.3) is 0 Å². The standard InChI is InChI=1S/C12H24N2O4/c1-12(2,8-13(3)4)9-14(5)10(15)6-18-7-11(16)17/h6-9H2,1-5H3,(H,16,17). The monoisotopic (exact) mass is 260 g/mol. The number of nitrogens with zero attached hydrogens (tertiary/aromatic N) is 2. The third-order valence-corrected chi connectivity index (χ3v) is 2.29. The average Bonchev–Trinajstić information content (AvgIpc) is 2.13. The lowest BCUT2D eigenvalue weighted by Crippen LogP contribution is -2.42. The summed E-state index contributed by atoms with van der Waals surface area (Å²) in [6, 6.07) is 0. The van der Waals surface area contributed by atoms with Gasteiger partial charge in [0.2, 0.25) is 5.91 Å². The number of carboxylic acid groups (broad SMARTS) is 1. The summed E-state index contributed by atoms with van der Waals surface area (Å²) in [4.78, 5) is 25.6. The summed E-state index contributed by atoms with van der Waals surface area (Å²) < 4.78 is 4.77. The fourth-order valence-electron chi connectivity index (χ4n) is 1.97. The number of aliphatic carboxylic acids is 1. The molecule has 0 aliphatic carbocycles.